The van der Waals surface area contributed by atoms with Crippen LogP contribution in [0.4, 0.5) is 5.69 Å². The molecule has 0 aliphatic rings. The molecule has 0 aliphatic heterocycles. The standard InChI is InChI=1S/C9H12NO2/c1-6-4-7(11-2)9(10)8(5-6)12-3/h4-5H,1,10H2,2-3H3. The van der Waals surface area contributed by atoms with E-state index in [0.29, 0.717) is 17.2 Å². The number of nitrogen functional groups attached to an aromatic ring is 1. The van der Waals surface area contributed by atoms with Gasteiger partial charge in [-0.25, -0.2) is 0 Å². The third-order valence-corrected chi connectivity index (χ3v) is 1.60. The van der Waals surface area contributed by atoms with Gasteiger partial charge in [-0.2, -0.15) is 0 Å². The van der Waals surface area contributed by atoms with E-state index in [1.54, 1.807) is 26.4 Å². The molecule has 1 aromatic rings. The van der Waals surface area contributed by atoms with Crippen LogP contribution in [0, 0.1) is 6.92 Å². The molecule has 0 amide bonds. The maximum atomic E-state index is 5.70. The van der Waals surface area contributed by atoms with Gasteiger partial charge in [0.1, 0.15) is 17.2 Å². The van der Waals surface area contributed by atoms with E-state index in [2.05, 4.69) is 6.92 Å². The van der Waals surface area contributed by atoms with E-state index in [1.165, 1.54) is 0 Å². The van der Waals surface area contributed by atoms with Crippen LogP contribution in [0.2, 0.25) is 0 Å². The number of hydrogen-bond acceptors (Lipinski definition) is 3. The number of hydrogen-bond donors (Lipinski definition) is 1. The van der Waals surface area contributed by atoms with Crippen molar-refractivity contribution in [1.29, 1.82) is 0 Å². The van der Waals surface area contributed by atoms with E-state index in [0.717, 1.165) is 5.56 Å². The number of nitrogens with two attached hydrogens (primary N) is 1. The van der Waals surface area contributed by atoms with Crippen molar-refractivity contribution in [3.8, 4) is 11.5 Å². The van der Waals surface area contributed by atoms with Gasteiger partial charge in [0.25, 0.3) is 0 Å². The van der Waals surface area contributed by atoms with Crippen molar-refractivity contribution < 1.29 is 9.47 Å². The molecule has 0 heterocycles. The van der Waals surface area contributed by atoms with Crippen molar-refractivity contribution in [2.75, 3.05) is 20.0 Å². The predicted molar refractivity (Wildman–Crippen MR) is 48.4 cm³/mol. The Bertz CT molecular complexity index is 259. The monoisotopic (exact) mass is 166 g/mol. The molecule has 0 aromatic heterocycles. The summed E-state index contributed by atoms with van der Waals surface area (Å²) in [7, 11) is 3.12. The lowest BCUT2D eigenvalue weighted by molar-refractivity contribution is 0.398. The van der Waals surface area contributed by atoms with Crippen molar-refractivity contribution in [2.45, 2.75) is 0 Å². The van der Waals surface area contributed by atoms with Crippen LogP contribution in [-0.2, 0) is 0 Å². The smallest absolute Gasteiger partial charge is 0.145 e. The van der Waals surface area contributed by atoms with Gasteiger partial charge in [-0.15, -0.1) is 0 Å². The highest BCUT2D eigenvalue weighted by atomic mass is 16.5. The molecule has 1 radical (unpaired) electrons. The lowest BCUT2D eigenvalue weighted by atomic mass is 10.2. The van der Waals surface area contributed by atoms with Crippen LogP contribution in [-0.4, -0.2) is 14.2 Å². The average Bonchev–Trinajstić information content (AvgIpc) is 2.08. The van der Waals surface area contributed by atoms with Crippen LogP contribution in [0.15, 0.2) is 12.1 Å². The molecule has 0 saturated carbocycles. The van der Waals surface area contributed by atoms with E-state index in [4.69, 9.17) is 15.2 Å². The van der Waals surface area contributed by atoms with Crippen molar-refractivity contribution in [3.63, 3.8) is 0 Å². The summed E-state index contributed by atoms with van der Waals surface area (Å²) in [5.41, 5.74) is 7.02. The number of benzene rings is 1. The zero-order chi connectivity index (χ0) is 9.14. The van der Waals surface area contributed by atoms with Gasteiger partial charge in [-0.3, -0.25) is 0 Å². The SMILES string of the molecule is [CH2]c1cc(OC)c(N)c(OC)c1. The molecule has 65 valence electrons. The van der Waals surface area contributed by atoms with Crippen molar-refractivity contribution >= 4 is 5.69 Å². The van der Waals surface area contributed by atoms with Gasteiger partial charge in [-0.05, 0) is 24.6 Å². The first-order valence-corrected chi connectivity index (χ1v) is 3.52. The molecule has 0 bridgehead atoms. The first-order valence-electron chi connectivity index (χ1n) is 3.52. The molecule has 1 aromatic carbocycles. The van der Waals surface area contributed by atoms with Crippen molar-refractivity contribution in [2.24, 2.45) is 0 Å². The second kappa shape index (κ2) is 3.34. The van der Waals surface area contributed by atoms with Gasteiger partial charge >= 0.3 is 0 Å². The summed E-state index contributed by atoms with van der Waals surface area (Å²) < 4.78 is 10.0. The molecule has 0 atom stereocenters. The highest BCUT2D eigenvalue weighted by Gasteiger charge is 2.06. The highest BCUT2D eigenvalue weighted by Crippen LogP contribution is 2.32. The Morgan fingerprint density at radius 2 is 1.58 bits per heavy atom. The second-order valence-electron chi connectivity index (χ2n) is 2.41. The zero-order valence-electron chi connectivity index (χ0n) is 7.26. The fourth-order valence-corrected chi connectivity index (χ4v) is 0.993. The van der Waals surface area contributed by atoms with Crippen LogP contribution in [0.5, 0.6) is 11.5 Å². The third-order valence-electron chi connectivity index (χ3n) is 1.60. The highest BCUT2D eigenvalue weighted by molar-refractivity contribution is 5.64. The summed E-state index contributed by atoms with van der Waals surface area (Å²) in [5, 5.41) is 0. The van der Waals surface area contributed by atoms with E-state index in [-0.39, 0.29) is 0 Å². The van der Waals surface area contributed by atoms with Gasteiger partial charge in [0.15, 0.2) is 0 Å². The molecule has 1 rings (SSSR count). The molecular formula is C9H12NO2. The van der Waals surface area contributed by atoms with Crippen LogP contribution in [0.3, 0.4) is 0 Å². The Morgan fingerprint density at radius 1 is 1.17 bits per heavy atom. The number of ether oxygens (including phenoxy) is 2. The van der Waals surface area contributed by atoms with E-state index >= 15 is 0 Å². The normalized spacial score (nSPS) is 9.58. The molecule has 0 spiro atoms. The maximum Gasteiger partial charge on any atom is 0.145 e. The van der Waals surface area contributed by atoms with E-state index in [1.807, 2.05) is 0 Å². The molecule has 0 saturated heterocycles. The number of methoxy groups -OCH3 is 2. The fraction of sp³-hybridized carbons (Fsp3) is 0.222. The Balaban J connectivity index is 3.22. The molecule has 2 N–H and O–H groups in total. The average molecular weight is 166 g/mol. The van der Waals surface area contributed by atoms with Crippen LogP contribution in [0.1, 0.15) is 5.56 Å². The van der Waals surface area contributed by atoms with Gasteiger partial charge in [0.05, 0.1) is 14.2 Å². The second-order valence-corrected chi connectivity index (χ2v) is 2.41. The largest absolute Gasteiger partial charge is 0.494 e. The Morgan fingerprint density at radius 3 is 1.92 bits per heavy atom. The lowest BCUT2D eigenvalue weighted by Gasteiger charge is -2.09. The van der Waals surface area contributed by atoms with Gasteiger partial charge < -0.3 is 15.2 Å². The minimum absolute atomic E-state index is 0.507. The molecule has 0 aliphatic carbocycles. The Hall–Kier alpha value is -1.38. The molecular weight excluding hydrogens is 154 g/mol. The van der Waals surface area contributed by atoms with Crippen LogP contribution in [0.25, 0.3) is 0 Å². The molecule has 3 heteroatoms. The summed E-state index contributed by atoms with van der Waals surface area (Å²) in [5.74, 6) is 1.19. The minimum atomic E-state index is 0.507. The summed E-state index contributed by atoms with van der Waals surface area (Å²) in [6, 6.07) is 3.52. The lowest BCUT2D eigenvalue weighted by Crippen LogP contribution is -1.97. The molecule has 3 nitrogen and oxygen atoms in total. The maximum absolute atomic E-state index is 5.70. The first-order chi connectivity index (χ1) is 5.69. The number of anilines is 1. The first kappa shape index (κ1) is 8.71. The van der Waals surface area contributed by atoms with Crippen molar-refractivity contribution in [1.82, 2.24) is 0 Å². The third kappa shape index (κ3) is 1.44. The Labute approximate surface area is 72.1 Å². The Kier molecular flexibility index (Phi) is 2.43. The summed E-state index contributed by atoms with van der Waals surface area (Å²) in [6.45, 7) is 3.76. The van der Waals surface area contributed by atoms with Crippen molar-refractivity contribution in [3.05, 3.63) is 24.6 Å². The molecule has 0 unspecified atom stereocenters. The summed E-state index contributed by atoms with van der Waals surface area (Å²) in [6.07, 6.45) is 0. The van der Waals surface area contributed by atoms with Gasteiger partial charge in [0, 0.05) is 0 Å². The van der Waals surface area contributed by atoms with E-state index < -0.39 is 0 Å². The topological polar surface area (TPSA) is 44.5 Å². The molecule has 12 heavy (non-hydrogen) atoms. The minimum Gasteiger partial charge on any atom is -0.494 e. The van der Waals surface area contributed by atoms with Crippen LogP contribution >= 0.6 is 0 Å². The van der Waals surface area contributed by atoms with Gasteiger partial charge in [0.2, 0.25) is 0 Å². The summed E-state index contributed by atoms with van der Waals surface area (Å²) >= 11 is 0. The van der Waals surface area contributed by atoms with Gasteiger partial charge in [-0.1, -0.05) is 0 Å². The van der Waals surface area contributed by atoms with E-state index in [9.17, 15) is 0 Å². The fourth-order valence-electron chi connectivity index (χ4n) is 0.993. The predicted octanol–water partition coefficient (Wildman–Crippen LogP) is 1.47. The quantitative estimate of drug-likeness (QED) is 0.676. The van der Waals surface area contributed by atoms with Crippen LogP contribution < -0.4 is 15.2 Å². The zero-order valence-corrected chi connectivity index (χ0v) is 7.26. The number of rotatable bonds is 2. The molecule has 0 fully saturated rings. The summed E-state index contributed by atoms with van der Waals surface area (Å²) in [4.78, 5) is 0.